The first-order valence-electron chi connectivity index (χ1n) is 9.69. The Bertz CT molecular complexity index is 437. The van der Waals surface area contributed by atoms with Gasteiger partial charge in [-0.25, -0.2) is 0 Å². The summed E-state index contributed by atoms with van der Waals surface area (Å²) in [4.78, 5) is 13.6. The minimum atomic E-state index is -4.10. The molecule has 144 valence electrons. The van der Waals surface area contributed by atoms with Gasteiger partial charge in [-0.2, -0.15) is 13.2 Å². The van der Waals surface area contributed by atoms with E-state index in [-0.39, 0.29) is 5.91 Å². The van der Waals surface area contributed by atoms with E-state index in [2.05, 4.69) is 10.6 Å². The number of hydrogen-bond acceptors (Lipinski definition) is 3. The number of nitrogens with one attached hydrogen (secondary N) is 2. The monoisotopic (exact) mass is 361 g/mol. The number of carbonyl (C=O) groups excluding carboxylic acids is 1. The fraction of sp³-hybridized carbons (Fsp3) is 0.944. The Morgan fingerprint density at radius 2 is 1.68 bits per heavy atom. The van der Waals surface area contributed by atoms with E-state index in [0.29, 0.717) is 50.0 Å². The number of amides is 1. The van der Waals surface area contributed by atoms with Crippen LogP contribution in [-0.2, 0) is 4.79 Å². The van der Waals surface area contributed by atoms with Gasteiger partial charge in [0.15, 0.2) is 0 Å². The molecule has 7 heteroatoms. The standard InChI is InChI=1S/C18H30F3N3O/c19-18(20,21)12-24-7-4-13(5-8-24)3-6-22-17(25)11-14-9-15-1-2-16(10-14)23-15/h13-16,23H,1-12H2,(H,22,25). The van der Waals surface area contributed by atoms with Crippen LogP contribution in [0, 0.1) is 11.8 Å². The smallest absolute Gasteiger partial charge is 0.356 e. The zero-order valence-corrected chi connectivity index (χ0v) is 14.8. The molecule has 3 saturated heterocycles. The van der Waals surface area contributed by atoms with Crippen molar-refractivity contribution in [2.45, 2.75) is 69.6 Å². The molecule has 0 aromatic rings. The van der Waals surface area contributed by atoms with Gasteiger partial charge in [-0.15, -0.1) is 0 Å². The van der Waals surface area contributed by atoms with Crippen LogP contribution in [0.3, 0.4) is 0 Å². The number of rotatable bonds is 6. The van der Waals surface area contributed by atoms with Crippen molar-refractivity contribution in [3.63, 3.8) is 0 Å². The number of alkyl halides is 3. The van der Waals surface area contributed by atoms with Crippen LogP contribution in [0.15, 0.2) is 0 Å². The molecule has 2 unspecified atom stereocenters. The van der Waals surface area contributed by atoms with E-state index in [9.17, 15) is 18.0 Å². The van der Waals surface area contributed by atoms with E-state index in [0.717, 1.165) is 32.1 Å². The molecule has 2 atom stereocenters. The van der Waals surface area contributed by atoms with Crippen molar-refractivity contribution in [1.29, 1.82) is 0 Å². The summed E-state index contributed by atoms with van der Waals surface area (Å²) in [6.07, 6.45) is 3.71. The van der Waals surface area contributed by atoms with Gasteiger partial charge < -0.3 is 10.6 Å². The second kappa shape index (κ2) is 8.25. The molecular weight excluding hydrogens is 331 g/mol. The maximum absolute atomic E-state index is 12.4. The van der Waals surface area contributed by atoms with Crippen LogP contribution in [-0.4, -0.2) is 55.2 Å². The third kappa shape index (κ3) is 6.13. The molecule has 0 saturated carbocycles. The zero-order chi connectivity index (χ0) is 17.9. The van der Waals surface area contributed by atoms with Crippen molar-refractivity contribution in [2.24, 2.45) is 11.8 Å². The zero-order valence-electron chi connectivity index (χ0n) is 14.8. The average molecular weight is 361 g/mol. The highest BCUT2D eigenvalue weighted by molar-refractivity contribution is 5.76. The number of carbonyl (C=O) groups is 1. The molecule has 0 radical (unpaired) electrons. The lowest BCUT2D eigenvalue weighted by atomic mass is 9.89. The molecule has 3 heterocycles. The second-order valence-electron chi connectivity index (χ2n) is 8.15. The predicted molar refractivity (Wildman–Crippen MR) is 90.1 cm³/mol. The van der Waals surface area contributed by atoms with Crippen LogP contribution >= 0.6 is 0 Å². The number of nitrogens with zero attached hydrogens (tertiary/aromatic N) is 1. The highest BCUT2D eigenvalue weighted by atomic mass is 19.4. The molecule has 3 fully saturated rings. The summed E-state index contributed by atoms with van der Waals surface area (Å²) in [5.41, 5.74) is 0. The average Bonchev–Trinajstić information content (AvgIpc) is 2.86. The van der Waals surface area contributed by atoms with Crippen molar-refractivity contribution in [2.75, 3.05) is 26.2 Å². The quantitative estimate of drug-likeness (QED) is 0.765. The summed E-state index contributed by atoms with van der Waals surface area (Å²) in [6, 6.07) is 1.22. The Hall–Kier alpha value is -0.820. The Morgan fingerprint density at radius 3 is 2.28 bits per heavy atom. The molecule has 0 aliphatic carbocycles. The normalized spacial score (nSPS) is 31.2. The van der Waals surface area contributed by atoms with Gasteiger partial charge >= 0.3 is 6.18 Å². The number of likely N-dealkylation sites (tertiary alicyclic amines) is 1. The second-order valence-corrected chi connectivity index (χ2v) is 8.15. The summed E-state index contributed by atoms with van der Waals surface area (Å²) in [5, 5.41) is 6.62. The van der Waals surface area contributed by atoms with Crippen LogP contribution in [0.25, 0.3) is 0 Å². The maximum Gasteiger partial charge on any atom is 0.401 e. The summed E-state index contributed by atoms with van der Waals surface area (Å²) >= 11 is 0. The largest absolute Gasteiger partial charge is 0.401 e. The fourth-order valence-corrected chi connectivity index (χ4v) is 4.78. The van der Waals surface area contributed by atoms with Crippen molar-refractivity contribution in [1.82, 2.24) is 15.5 Å². The molecule has 4 nitrogen and oxygen atoms in total. The minimum absolute atomic E-state index is 0.140. The molecule has 2 bridgehead atoms. The van der Waals surface area contributed by atoms with Gasteiger partial charge in [-0.1, -0.05) is 0 Å². The molecule has 1 amide bonds. The number of fused-ring (bicyclic) bond motifs is 2. The molecule has 0 aromatic carbocycles. The van der Waals surface area contributed by atoms with E-state index in [1.807, 2.05) is 0 Å². The highest BCUT2D eigenvalue weighted by Gasteiger charge is 2.34. The topological polar surface area (TPSA) is 44.4 Å². The lowest BCUT2D eigenvalue weighted by Gasteiger charge is -2.32. The third-order valence-corrected chi connectivity index (χ3v) is 6.03. The first-order valence-corrected chi connectivity index (χ1v) is 9.69. The Labute approximate surface area is 147 Å². The first-order chi connectivity index (χ1) is 11.9. The molecule has 3 aliphatic heterocycles. The maximum atomic E-state index is 12.4. The molecule has 25 heavy (non-hydrogen) atoms. The minimum Gasteiger partial charge on any atom is -0.356 e. The van der Waals surface area contributed by atoms with Crippen LogP contribution in [0.2, 0.25) is 0 Å². The van der Waals surface area contributed by atoms with Crippen molar-refractivity contribution >= 4 is 5.91 Å². The van der Waals surface area contributed by atoms with Crippen LogP contribution < -0.4 is 10.6 Å². The van der Waals surface area contributed by atoms with E-state index < -0.39 is 12.7 Å². The predicted octanol–water partition coefficient (Wildman–Crippen LogP) is 2.69. The van der Waals surface area contributed by atoms with Gasteiger partial charge in [0.2, 0.25) is 5.91 Å². The lowest BCUT2D eigenvalue weighted by Crippen LogP contribution is -2.41. The summed E-state index contributed by atoms with van der Waals surface area (Å²) in [5.74, 6) is 1.07. The molecular formula is C18H30F3N3O. The summed E-state index contributed by atoms with van der Waals surface area (Å²) in [6.45, 7) is 0.876. The van der Waals surface area contributed by atoms with E-state index in [4.69, 9.17) is 0 Å². The van der Waals surface area contributed by atoms with Crippen LogP contribution in [0.1, 0.15) is 51.4 Å². The van der Waals surface area contributed by atoms with Gasteiger partial charge in [-0.05, 0) is 69.9 Å². The Morgan fingerprint density at radius 1 is 1.04 bits per heavy atom. The van der Waals surface area contributed by atoms with E-state index >= 15 is 0 Å². The summed E-state index contributed by atoms with van der Waals surface area (Å²) in [7, 11) is 0. The molecule has 3 rings (SSSR count). The number of hydrogen-bond donors (Lipinski definition) is 2. The Kier molecular flexibility index (Phi) is 6.25. The van der Waals surface area contributed by atoms with Gasteiger partial charge in [0.1, 0.15) is 0 Å². The first kappa shape index (κ1) is 19.0. The van der Waals surface area contributed by atoms with Crippen molar-refractivity contribution in [3.8, 4) is 0 Å². The molecule has 0 spiro atoms. The molecule has 3 aliphatic rings. The third-order valence-electron chi connectivity index (χ3n) is 6.03. The van der Waals surface area contributed by atoms with Crippen molar-refractivity contribution in [3.05, 3.63) is 0 Å². The van der Waals surface area contributed by atoms with E-state index in [1.165, 1.54) is 17.7 Å². The van der Waals surface area contributed by atoms with Crippen molar-refractivity contribution < 1.29 is 18.0 Å². The molecule has 2 N–H and O–H groups in total. The summed E-state index contributed by atoms with van der Waals surface area (Å²) < 4.78 is 37.1. The van der Waals surface area contributed by atoms with E-state index in [1.54, 1.807) is 0 Å². The number of halogens is 3. The Balaban J connectivity index is 1.27. The van der Waals surface area contributed by atoms with Crippen LogP contribution in [0.5, 0.6) is 0 Å². The lowest BCUT2D eigenvalue weighted by molar-refractivity contribution is -0.148. The SMILES string of the molecule is O=C(CC1CC2CCC(C1)N2)NCCC1CCN(CC(F)(F)F)CC1. The van der Waals surface area contributed by atoms with Gasteiger partial charge in [0.05, 0.1) is 6.54 Å². The highest BCUT2D eigenvalue weighted by Crippen LogP contribution is 2.32. The fourth-order valence-electron chi connectivity index (χ4n) is 4.78. The van der Waals surface area contributed by atoms with Gasteiger partial charge in [0, 0.05) is 25.0 Å². The number of piperidine rings is 2. The molecule has 0 aromatic heterocycles. The van der Waals surface area contributed by atoms with Gasteiger partial charge in [-0.3, -0.25) is 9.69 Å². The van der Waals surface area contributed by atoms with Gasteiger partial charge in [0.25, 0.3) is 0 Å². The van der Waals surface area contributed by atoms with Crippen LogP contribution in [0.4, 0.5) is 13.2 Å².